The zero-order chi connectivity index (χ0) is 14.2. The van der Waals surface area contributed by atoms with Gasteiger partial charge in [-0.25, -0.2) is 4.79 Å². The number of carbonyl (C=O) groups excluding carboxylic acids is 1. The quantitative estimate of drug-likeness (QED) is 0.885. The summed E-state index contributed by atoms with van der Waals surface area (Å²) in [6.45, 7) is 5.23. The van der Waals surface area contributed by atoms with E-state index in [1.165, 1.54) is 10.9 Å². The van der Waals surface area contributed by atoms with Gasteiger partial charge in [0, 0.05) is 20.0 Å². The molecule has 1 saturated heterocycles. The first-order valence-corrected chi connectivity index (χ1v) is 6.42. The van der Waals surface area contributed by atoms with Gasteiger partial charge in [0.25, 0.3) is 0 Å². The molecular weight excluding hydrogens is 246 g/mol. The molecule has 19 heavy (non-hydrogen) atoms. The minimum absolute atomic E-state index is 0.0937. The molecule has 1 unspecified atom stereocenters. The molecule has 1 fully saturated rings. The summed E-state index contributed by atoms with van der Waals surface area (Å²) in [6.07, 6.45) is 1.88. The molecule has 0 bridgehead atoms. The first-order chi connectivity index (χ1) is 8.90. The second kappa shape index (κ2) is 5.03. The van der Waals surface area contributed by atoms with Crippen molar-refractivity contribution in [2.75, 3.05) is 6.54 Å². The average molecular weight is 265 g/mol. The lowest BCUT2D eigenvalue weighted by Crippen LogP contribution is -2.27. The van der Waals surface area contributed by atoms with Gasteiger partial charge in [0.05, 0.1) is 18.4 Å². The summed E-state index contributed by atoms with van der Waals surface area (Å²) in [5.74, 6) is -0.0974. The standard InChI is InChI=1S/C13H19N3O3/c1-8(2)9-4-12(17)16(6-9)7-11-10(13(18)19)5-14-15(11)3/h5,8-9H,4,6-7H2,1-3H3,(H,18,19). The lowest BCUT2D eigenvalue weighted by atomic mass is 9.95. The molecule has 0 aromatic carbocycles. The zero-order valence-electron chi connectivity index (χ0n) is 11.5. The molecular formula is C13H19N3O3. The number of hydrogen-bond donors (Lipinski definition) is 1. The van der Waals surface area contributed by atoms with Crippen LogP contribution in [-0.2, 0) is 18.4 Å². The fourth-order valence-corrected chi connectivity index (χ4v) is 2.41. The zero-order valence-corrected chi connectivity index (χ0v) is 11.5. The van der Waals surface area contributed by atoms with Crippen LogP contribution >= 0.6 is 0 Å². The van der Waals surface area contributed by atoms with Gasteiger partial charge in [-0.05, 0) is 11.8 Å². The second-order valence-corrected chi connectivity index (χ2v) is 5.42. The Kier molecular flexibility index (Phi) is 3.59. The molecule has 0 saturated carbocycles. The van der Waals surface area contributed by atoms with Crippen molar-refractivity contribution < 1.29 is 14.7 Å². The molecule has 104 valence electrons. The highest BCUT2D eigenvalue weighted by Gasteiger charge is 2.32. The largest absolute Gasteiger partial charge is 0.478 e. The average Bonchev–Trinajstić information content (AvgIpc) is 2.85. The number of aromatic carboxylic acids is 1. The van der Waals surface area contributed by atoms with E-state index in [-0.39, 0.29) is 11.5 Å². The van der Waals surface area contributed by atoms with Gasteiger partial charge in [-0.15, -0.1) is 0 Å². The highest BCUT2D eigenvalue weighted by atomic mass is 16.4. The Morgan fingerprint density at radius 1 is 1.58 bits per heavy atom. The van der Waals surface area contributed by atoms with E-state index in [0.29, 0.717) is 37.0 Å². The minimum atomic E-state index is -1.00. The molecule has 1 amide bonds. The van der Waals surface area contributed by atoms with Crippen molar-refractivity contribution in [3.05, 3.63) is 17.5 Å². The van der Waals surface area contributed by atoms with Crippen LogP contribution in [0.1, 0.15) is 36.3 Å². The van der Waals surface area contributed by atoms with Crippen molar-refractivity contribution in [2.24, 2.45) is 18.9 Å². The van der Waals surface area contributed by atoms with Crippen LogP contribution in [0.4, 0.5) is 0 Å². The van der Waals surface area contributed by atoms with E-state index in [1.807, 2.05) is 0 Å². The normalized spacial score (nSPS) is 19.5. The van der Waals surface area contributed by atoms with E-state index in [4.69, 9.17) is 5.11 Å². The maximum atomic E-state index is 12.0. The van der Waals surface area contributed by atoms with Gasteiger partial charge < -0.3 is 10.0 Å². The lowest BCUT2D eigenvalue weighted by molar-refractivity contribution is -0.128. The lowest BCUT2D eigenvalue weighted by Gasteiger charge is -2.18. The predicted octanol–water partition coefficient (Wildman–Crippen LogP) is 1.12. The molecule has 1 aliphatic heterocycles. The number of carboxylic acid groups (broad SMARTS) is 1. The van der Waals surface area contributed by atoms with E-state index in [9.17, 15) is 9.59 Å². The molecule has 0 aliphatic carbocycles. The van der Waals surface area contributed by atoms with Gasteiger partial charge in [0.2, 0.25) is 5.91 Å². The van der Waals surface area contributed by atoms with E-state index in [1.54, 1.807) is 11.9 Å². The number of likely N-dealkylation sites (tertiary alicyclic amines) is 1. The molecule has 2 rings (SSSR count). The molecule has 2 heterocycles. The fraction of sp³-hybridized carbons (Fsp3) is 0.615. The molecule has 1 atom stereocenters. The van der Waals surface area contributed by atoms with Gasteiger partial charge in [0.15, 0.2) is 0 Å². The summed E-state index contributed by atoms with van der Waals surface area (Å²) in [6, 6.07) is 0. The maximum absolute atomic E-state index is 12.0. The Hall–Kier alpha value is -1.85. The third-order valence-electron chi connectivity index (χ3n) is 3.82. The van der Waals surface area contributed by atoms with Crippen molar-refractivity contribution in [2.45, 2.75) is 26.8 Å². The number of amides is 1. The third-order valence-corrected chi connectivity index (χ3v) is 3.82. The number of aryl methyl sites for hydroxylation is 1. The van der Waals surface area contributed by atoms with Crippen LogP contribution in [0.2, 0.25) is 0 Å². The van der Waals surface area contributed by atoms with Gasteiger partial charge >= 0.3 is 5.97 Å². The molecule has 0 spiro atoms. The van der Waals surface area contributed by atoms with Crippen LogP contribution in [0.3, 0.4) is 0 Å². The number of nitrogens with zero attached hydrogens (tertiary/aromatic N) is 3. The van der Waals surface area contributed by atoms with Crippen LogP contribution in [0.15, 0.2) is 6.20 Å². The predicted molar refractivity (Wildman–Crippen MR) is 68.5 cm³/mol. The molecule has 1 N–H and O–H groups in total. The Morgan fingerprint density at radius 3 is 2.79 bits per heavy atom. The Labute approximate surface area is 112 Å². The molecule has 0 radical (unpaired) electrons. The fourth-order valence-electron chi connectivity index (χ4n) is 2.41. The number of rotatable bonds is 4. The van der Waals surface area contributed by atoms with Gasteiger partial charge in [-0.3, -0.25) is 9.48 Å². The van der Waals surface area contributed by atoms with Crippen LogP contribution < -0.4 is 0 Å². The molecule has 1 aromatic heterocycles. The summed E-state index contributed by atoms with van der Waals surface area (Å²) in [7, 11) is 1.70. The Bertz CT molecular complexity index is 507. The van der Waals surface area contributed by atoms with E-state index in [0.717, 1.165) is 0 Å². The molecule has 6 nitrogen and oxygen atoms in total. The van der Waals surface area contributed by atoms with Crippen molar-refractivity contribution in [3.8, 4) is 0 Å². The van der Waals surface area contributed by atoms with Gasteiger partial charge in [0.1, 0.15) is 5.56 Å². The van der Waals surface area contributed by atoms with Gasteiger partial charge in [-0.2, -0.15) is 5.10 Å². The monoisotopic (exact) mass is 265 g/mol. The SMILES string of the molecule is CC(C)C1CC(=O)N(Cc2c(C(=O)O)cnn2C)C1. The summed E-state index contributed by atoms with van der Waals surface area (Å²) in [5, 5.41) is 13.1. The molecule has 1 aliphatic rings. The third kappa shape index (κ3) is 2.62. The van der Waals surface area contributed by atoms with E-state index >= 15 is 0 Å². The number of carbonyl (C=O) groups is 2. The second-order valence-electron chi connectivity index (χ2n) is 5.42. The van der Waals surface area contributed by atoms with Crippen LogP contribution in [0.25, 0.3) is 0 Å². The Balaban J connectivity index is 2.16. The smallest absolute Gasteiger partial charge is 0.339 e. The first-order valence-electron chi connectivity index (χ1n) is 6.42. The van der Waals surface area contributed by atoms with Crippen molar-refractivity contribution in [3.63, 3.8) is 0 Å². The highest BCUT2D eigenvalue weighted by Crippen LogP contribution is 2.26. The van der Waals surface area contributed by atoms with Crippen LogP contribution in [0, 0.1) is 11.8 Å². The van der Waals surface area contributed by atoms with Crippen LogP contribution in [-0.4, -0.2) is 38.2 Å². The summed E-state index contributed by atoms with van der Waals surface area (Å²) in [5.41, 5.74) is 0.744. The van der Waals surface area contributed by atoms with Crippen LogP contribution in [0.5, 0.6) is 0 Å². The van der Waals surface area contributed by atoms with E-state index < -0.39 is 5.97 Å². The number of hydrogen-bond acceptors (Lipinski definition) is 3. The molecule has 1 aromatic rings. The number of carboxylic acids is 1. The van der Waals surface area contributed by atoms with Crippen molar-refractivity contribution >= 4 is 11.9 Å². The highest BCUT2D eigenvalue weighted by molar-refractivity contribution is 5.89. The van der Waals surface area contributed by atoms with E-state index in [2.05, 4.69) is 18.9 Å². The maximum Gasteiger partial charge on any atom is 0.339 e. The van der Waals surface area contributed by atoms with Crippen molar-refractivity contribution in [1.82, 2.24) is 14.7 Å². The van der Waals surface area contributed by atoms with Gasteiger partial charge in [-0.1, -0.05) is 13.8 Å². The topological polar surface area (TPSA) is 75.4 Å². The summed E-state index contributed by atoms with van der Waals surface area (Å²) >= 11 is 0. The summed E-state index contributed by atoms with van der Waals surface area (Å²) in [4.78, 5) is 24.8. The Morgan fingerprint density at radius 2 is 2.26 bits per heavy atom. The molecule has 6 heteroatoms. The first kappa shape index (κ1) is 13.6. The van der Waals surface area contributed by atoms with Crippen molar-refractivity contribution in [1.29, 1.82) is 0 Å². The number of aromatic nitrogens is 2. The minimum Gasteiger partial charge on any atom is -0.478 e. The summed E-state index contributed by atoms with van der Waals surface area (Å²) < 4.78 is 1.53.